The molecule has 0 aliphatic carbocycles. The Morgan fingerprint density at radius 3 is 2.24 bits per heavy atom. The van der Waals surface area contributed by atoms with Crippen molar-refractivity contribution >= 4 is 5.97 Å². The molecule has 0 saturated heterocycles. The van der Waals surface area contributed by atoms with Gasteiger partial charge >= 0.3 is 5.97 Å². The Hall–Kier alpha value is -1.95. The molecule has 1 rings (SSSR count). The molecule has 0 spiro atoms. The van der Waals surface area contributed by atoms with E-state index in [1.807, 2.05) is 0 Å². The molecule has 94 valence electrons. The number of methoxy groups -OCH3 is 3. The van der Waals surface area contributed by atoms with Crippen LogP contribution in [0.4, 0.5) is 0 Å². The Morgan fingerprint density at radius 2 is 1.76 bits per heavy atom. The number of rotatable bonds is 4. The molecule has 0 fully saturated rings. The number of aliphatic hydroxyl groups is 1. The monoisotopic (exact) mass is 242 g/mol. The van der Waals surface area contributed by atoms with Crippen LogP contribution in [-0.2, 0) is 9.53 Å². The molecule has 0 bridgehead atoms. The number of phenols is 1. The number of phenolic OH excluding ortho intramolecular Hbond substituents is 1. The first-order chi connectivity index (χ1) is 8.04. The molecular weight excluding hydrogens is 228 g/mol. The third kappa shape index (κ3) is 2.59. The van der Waals surface area contributed by atoms with Crippen LogP contribution in [-0.4, -0.2) is 37.5 Å². The molecule has 0 aliphatic rings. The van der Waals surface area contributed by atoms with Crippen molar-refractivity contribution in [1.29, 1.82) is 0 Å². The smallest absolute Gasteiger partial charge is 0.339 e. The highest BCUT2D eigenvalue weighted by atomic mass is 16.5. The summed E-state index contributed by atoms with van der Waals surface area (Å²) in [5, 5.41) is 19.3. The van der Waals surface area contributed by atoms with Gasteiger partial charge in [-0.15, -0.1) is 0 Å². The zero-order chi connectivity index (χ0) is 13.0. The largest absolute Gasteiger partial charge is 0.504 e. The molecule has 1 aromatic carbocycles. The quantitative estimate of drug-likeness (QED) is 0.753. The lowest BCUT2D eigenvalue weighted by atomic mass is 10.1. The van der Waals surface area contributed by atoms with Crippen LogP contribution in [0.5, 0.6) is 17.2 Å². The van der Waals surface area contributed by atoms with Crippen LogP contribution in [0, 0.1) is 0 Å². The minimum absolute atomic E-state index is 0.109. The van der Waals surface area contributed by atoms with Gasteiger partial charge < -0.3 is 24.4 Å². The fourth-order valence-electron chi connectivity index (χ4n) is 1.36. The van der Waals surface area contributed by atoms with Gasteiger partial charge in [0.05, 0.1) is 21.3 Å². The first-order valence-electron chi connectivity index (χ1n) is 4.76. The first-order valence-corrected chi connectivity index (χ1v) is 4.76. The van der Waals surface area contributed by atoms with E-state index in [1.54, 1.807) is 0 Å². The van der Waals surface area contributed by atoms with Crippen molar-refractivity contribution < 1.29 is 29.2 Å². The summed E-state index contributed by atoms with van der Waals surface area (Å²) in [6.45, 7) is 0. The summed E-state index contributed by atoms with van der Waals surface area (Å²) >= 11 is 0. The highest BCUT2D eigenvalue weighted by Gasteiger charge is 2.24. The maximum atomic E-state index is 11.2. The minimum Gasteiger partial charge on any atom is -0.504 e. The maximum absolute atomic E-state index is 11.2. The summed E-state index contributed by atoms with van der Waals surface area (Å²) in [4.78, 5) is 11.2. The van der Waals surface area contributed by atoms with E-state index in [4.69, 9.17) is 9.47 Å². The van der Waals surface area contributed by atoms with Gasteiger partial charge in [-0.3, -0.25) is 0 Å². The van der Waals surface area contributed by atoms with Crippen LogP contribution in [0.25, 0.3) is 0 Å². The lowest BCUT2D eigenvalue weighted by Gasteiger charge is -2.15. The van der Waals surface area contributed by atoms with Crippen molar-refractivity contribution in [1.82, 2.24) is 0 Å². The van der Waals surface area contributed by atoms with Gasteiger partial charge in [-0.25, -0.2) is 4.79 Å². The molecular formula is C11H14O6. The lowest BCUT2D eigenvalue weighted by molar-refractivity contribution is -0.150. The standard InChI is InChI=1S/C11H14O6/c1-15-8-5-9(16-2)7(12)4-6(8)10(13)11(14)17-3/h4-5,10,12-13H,1-3H3. The van der Waals surface area contributed by atoms with E-state index in [2.05, 4.69) is 4.74 Å². The van der Waals surface area contributed by atoms with E-state index in [9.17, 15) is 15.0 Å². The van der Waals surface area contributed by atoms with Crippen molar-refractivity contribution in [2.45, 2.75) is 6.10 Å². The van der Waals surface area contributed by atoms with Crippen LogP contribution >= 0.6 is 0 Å². The zero-order valence-corrected chi connectivity index (χ0v) is 9.76. The number of aromatic hydroxyl groups is 1. The first kappa shape index (κ1) is 13.1. The Bertz CT molecular complexity index is 415. The van der Waals surface area contributed by atoms with Crippen molar-refractivity contribution in [3.05, 3.63) is 17.7 Å². The predicted octanol–water partition coefficient (Wildman–Crippen LogP) is 0.616. The summed E-state index contributed by atoms with van der Waals surface area (Å²) in [6, 6.07) is 2.57. The molecule has 0 radical (unpaired) electrons. The van der Waals surface area contributed by atoms with Crippen LogP contribution in [0.15, 0.2) is 12.1 Å². The van der Waals surface area contributed by atoms with E-state index < -0.39 is 12.1 Å². The number of aliphatic hydroxyl groups excluding tert-OH is 1. The van der Waals surface area contributed by atoms with Crippen LogP contribution in [0.2, 0.25) is 0 Å². The SMILES string of the molecule is COC(=O)C(O)c1cc(O)c(OC)cc1OC. The molecule has 6 heteroatoms. The van der Waals surface area contributed by atoms with E-state index in [0.29, 0.717) is 0 Å². The van der Waals surface area contributed by atoms with Gasteiger partial charge in [-0.2, -0.15) is 0 Å². The van der Waals surface area contributed by atoms with Gasteiger partial charge in [0.15, 0.2) is 17.6 Å². The number of hydrogen-bond acceptors (Lipinski definition) is 6. The summed E-state index contributed by atoms with van der Waals surface area (Å²) in [6.07, 6.45) is -1.52. The summed E-state index contributed by atoms with van der Waals surface area (Å²) in [7, 11) is 3.91. The van der Waals surface area contributed by atoms with Gasteiger partial charge in [0.25, 0.3) is 0 Å². The third-order valence-corrected chi connectivity index (χ3v) is 2.25. The number of hydrogen-bond donors (Lipinski definition) is 2. The van der Waals surface area contributed by atoms with Crippen LogP contribution in [0.1, 0.15) is 11.7 Å². The summed E-state index contributed by atoms with van der Waals surface area (Å²) < 4.78 is 14.3. The molecule has 2 N–H and O–H groups in total. The molecule has 1 atom stereocenters. The zero-order valence-electron chi connectivity index (χ0n) is 9.76. The molecule has 17 heavy (non-hydrogen) atoms. The summed E-state index contributed by atoms with van der Waals surface area (Å²) in [5.74, 6) is -0.640. The Morgan fingerprint density at radius 1 is 1.18 bits per heavy atom. The molecule has 0 saturated carbocycles. The van der Waals surface area contributed by atoms with Crippen molar-refractivity contribution in [3.63, 3.8) is 0 Å². The Balaban J connectivity index is 3.23. The van der Waals surface area contributed by atoms with Gasteiger partial charge in [-0.05, 0) is 6.07 Å². The molecule has 1 aromatic rings. The highest BCUT2D eigenvalue weighted by molar-refractivity contribution is 5.77. The molecule has 0 heterocycles. The van der Waals surface area contributed by atoms with E-state index >= 15 is 0 Å². The number of ether oxygens (including phenoxy) is 3. The number of carbonyl (C=O) groups is 1. The average molecular weight is 242 g/mol. The van der Waals surface area contributed by atoms with Crippen molar-refractivity contribution in [2.75, 3.05) is 21.3 Å². The maximum Gasteiger partial charge on any atom is 0.339 e. The minimum atomic E-state index is -1.52. The second kappa shape index (κ2) is 5.40. The molecule has 1 unspecified atom stereocenters. The predicted molar refractivity (Wildman–Crippen MR) is 58.2 cm³/mol. The molecule has 0 aromatic heterocycles. The Labute approximate surface area is 98.3 Å². The van der Waals surface area contributed by atoms with E-state index in [0.717, 1.165) is 7.11 Å². The third-order valence-electron chi connectivity index (χ3n) is 2.25. The van der Waals surface area contributed by atoms with Gasteiger partial charge in [0.2, 0.25) is 0 Å². The highest BCUT2D eigenvalue weighted by Crippen LogP contribution is 2.36. The Kier molecular flexibility index (Phi) is 4.17. The molecule has 0 aliphatic heterocycles. The second-order valence-corrected chi connectivity index (χ2v) is 3.19. The van der Waals surface area contributed by atoms with Gasteiger partial charge in [0, 0.05) is 11.6 Å². The average Bonchev–Trinajstić information content (AvgIpc) is 2.36. The summed E-state index contributed by atoms with van der Waals surface area (Å²) in [5.41, 5.74) is 0.109. The van der Waals surface area contributed by atoms with Gasteiger partial charge in [0.1, 0.15) is 5.75 Å². The number of carbonyl (C=O) groups excluding carboxylic acids is 1. The van der Waals surface area contributed by atoms with Gasteiger partial charge in [-0.1, -0.05) is 0 Å². The van der Waals surface area contributed by atoms with E-state index in [1.165, 1.54) is 26.4 Å². The van der Waals surface area contributed by atoms with Crippen molar-refractivity contribution in [3.8, 4) is 17.2 Å². The van der Waals surface area contributed by atoms with E-state index in [-0.39, 0.29) is 22.8 Å². The fraction of sp³-hybridized carbons (Fsp3) is 0.364. The fourth-order valence-corrected chi connectivity index (χ4v) is 1.36. The topological polar surface area (TPSA) is 85.2 Å². The van der Waals surface area contributed by atoms with Crippen LogP contribution < -0.4 is 9.47 Å². The number of esters is 1. The second-order valence-electron chi connectivity index (χ2n) is 3.19. The number of benzene rings is 1. The van der Waals surface area contributed by atoms with Crippen LogP contribution in [0.3, 0.4) is 0 Å². The molecule has 6 nitrogen and oxygen atoms in total. The van der Waals surface area contributed by atoms with Crippen molar-refractivity contribution in [2.24, 2.45) is 0 Å². The molecule has 0 amide bonds. The lowest BCUT2D eigenvalue weighted by Crippen LogP contribution is -2.14. The normalized spacial score (nSPS) is 11.8.